The minimum Gasteiger partial charge on any atom is -0.294 e. The normalized spacial score (nSPS) is 17.6. The number of rotatable bonds is 2. The molecule has 1 unspecified atom stereocenters. The molecule has 0 saturated carbocycles. The third kappa shape index (κ3) is 2.68. The predicted octanol–water partition coefficient (Wildman–Crippen LogP) is 5.09. The summed E-state index contributed by atoms with van der Waals surface area (Å²) in [5.74, 6) is 0.209. The van der Waals surface area contributed by atoms with Crippen molar-refractivity contribution in [3.05, 3.63) is 68.7 Å². The third-order valence-electron chi connectivity index (χ3n) is 3.91. The second-order valence-electron chi connectivity index (χ2n) is 5.20. The zero-order valence-electron chi connectivity index (χ0n) is 10.9. The number of aryl methyl sites for hydroxylation is 1. The van der Waals surface area contributed by atoms with Crippen molar-refractivity contribution >= 4 is 33.3 Å². The van der Waals surface area contributed by atoms with E-state index < -0.39 is 0 Å². The largest absolute Gasteiger partial charge is 0.294 e. The average Bonchev–Trinajstić information content (AvgIpc) is 2.46. The van der Waals surface area contributed by atoms with Crippen molar-refractivity contribution in [1.29, 1.82) is 0 Å². The first-order chi connectivity index (χ1) is 9.65. The van der Waals surface area contributed by atoms with Gasteiger partial charge in [0, 0.05) is 16.0 Å². The molecule has 102 valence electrons. The van der Waals surface area contributed by atoms with Gasteiger partial charge in [0.2, 0.25) is 0 Å². The van der Waals surface area contributed by atoms with Crippen LogP contribution in [0.1, 0.15) is 27.9 Å². The highest BCUT2D eigenvalue weighted by atomic mass is 79.9. The van der Waals surface area contributed by atoms with Crippen LogP contribution in [-0.4, -0.2) is 5.78 Å². The molecule has 2 aromatic rings. The second kappa shape index (κ2) is 5.71. The van der Waals surface area contributed by atoms with Gasteiger partial charge in [0.15, 0.2) is 5.78 Å². The quantitative estimate of drug-likeness (QED) is 0.690. The van der Waals surface area contributed by atoms with E-state index in [0.717, 1.165) is 23.7 Å². The van der Waals surface area contributed by atoms with Crippen molar-refractivity contribution in [2.24, 2.45) is 5.92 Å². The topological polar surface area (TPSA) is 17.1 Å². The third-order valence-corrected chi connectivity index (χ3v) is 4.72. The van der Waals surface area contributed by atoms with E-state index in [1.165, 1.54) is 11.1 Å². The first kappa shape index (κ1) is 13.8. The maximum atomic E-state index is 12.6. The Labute approximate surface area is 132 Å². The van der Waals surface area contributed by atoms with E-state index in [0.29, 0.717) is 10.6 Å². The van der Waals surface area contributed by atoms with Crippen LogP contribution in [0.2, 0.25) is 5.02 Å². The summed E-state index contributed by atoms with van der Waals surface area (Å²) >= 11 is 9.56. The van der Waals surface area contributed by atoms with Crippen LogP contribution in [-0.2, 0) is 12.8 Å². The molecule has 0 heterocycles. The molecule has 1 nitrogen and oxygen atoms in total. The van der Waals surface area contributed by atoms with Crippen molar-refractivity contribution in [3.8, 4) is 0 Å². The van der Waals surface area contributed by atoms with E-state index in [-0.39, 0.29) is 11.7 Å². The fourth-order valence-corrected chi connectivity index (χ4v) is 3.60. The summed E-state index contributed by atoms with van der Waals surface area (Å²) in [4.78, 5) is 12.6. The van der Waals surface area contributed by atoms with Crippen molar-refractivity contribution < 1.29 is 4.79 Å². The lowest BCUT2D eigenvalue weighted by Gasteiger charge is -2.23. The van der Waals surface area contributed by atoms with Crippen molar-refractivity contribution in [1.82, 2.24) is 0 Å². The van der Waals surface area contributed by atoms with Gasteiger partial charge in [0.25, 0.3) is 0 Å². The molecule has 0 aromatic heterocycles. The molecule has 3 rings (SSSR count). The Kier molecular flexibility index (Phi) is 3.95. The van der Waals surface area contributed by atoms with Gasteiger partial charge in [0.1, 0.15) is 0 Å². The zero-order valence-corrected chi connectivity index (χ0v) is 13.2. The Bertz CT molecular complexity index is 666. The van der Waals surface area contributed by atoms with Gasteiger partial charge in [-0.3, -0.25) is 4.79 Å². The van der Waals surface area contributed by atoms with Crippen LogP contribution in [0, 0.1) is 5.92 Å². The Morgan fingerprint density at radius 3 is 2.65 bits per heavy atom. The van der Waals surface area contributed by atoms with Crippen LogP contribution in [0.4, 0.5) is 0 Å². The number of benzene rings is 2. The Morgan fingerprint density at radius 1 is 1.15 bits per heavy atom. The van der Waals surface area contributed by atoms with Gasteiger partial charge < -0.3 is 0 Å². The lowest BCUT2D eigenvalue weighted by Crippen LogP contribution is -2.23. The molecule has 0 bridgehead atoms. The summed E-state index contributed by atoms with van der Waals surface area (Å²) in [5.41, 5.74) is 3.31. The standard InChI is InChI=1S/C17H14BrClO/c18-14-7-8-15(16(19)10-14)17(20)13-6-5-11-3-1-2-4-12(11)9-13/h1-4,7-8,10,13H,5-6,9H2. The molecule has 0 fully saturated rings. The predicted molar refractivity (Wildman–Crippen MR) is 85.4 cm³/mol. The molecule has 0 aliphatic heterocycles. The van der Waals surface area contributed by atoms with Gasteiger partial charge in [-0.25, -0.2) is 0 Å². The van der Waals surface area contributed by atoms with E-state index in [4.69, 9.17) is 11.6 Å². The Hall–Kier alpha value is -1.12. The lowest BCUT2D eigenvalue weighted by atomic mass is 9.80. The SMILES string of the molecule is O=C(c1ccc(Br)cc1Cl)C1CCc2ccccc2C1. The summed E-state index contributed by atoms with van der Waals surface area (Å²) in [6, 6.07) is 13.8. The van der Waals surface area contributed by atoms with Crippen LogP contribution in [0.15, 0.2) is 46.9 Å². The van der Waals surface area contributed by atoms with Gasteiger partial charge in [0.05, 0.1) is 5.02 Å². The average molecular weight is 350 g/mol. The van der Waals surface area contributed by atoms with Crippen molar-refractivity contribution in [3.63, 3.8) is 0 Å². The smallest absolute Gasteiger partial charge is 0.167 e. The molecule has 1 aliphatic carbocycles. The number of halogens is 2. The number of carbonyl (C=O) groups is 1. The highest BCUT2D eigenvalue weighted by Crippen LogP contribution is 2.30. The van der Waals surface area contributed by atoms with Gasteiger partial charge >= 0.3 is 0 Å². The molecule has 20 heavy (non-hydrogen) atoms. The fourth-order valence-electron chi connectivity index (χ4n) is 2.83. The molecule has 2 aromatic carbocycles. The molecule has 0 saturated heterocycles. The van der Waals surface area contributed by atoms with E-state index in [1.807, 2.05) is 18.2 Å². The van der Waals surface area contributed by atoms with Crippen LogP contribution in [0.25, 0.3) is 0 Å². The maximum Gasteiger partial charge on any atom is 0.167 e. The summed E-state index contributed by atoms with van der Waals surface area (Å²) in [5, 5.41) is 0.531. The number of hydrogen-bond donors (Lipinski definition) is 0. The van der Waals surface area contributed by atoms with E-state index >= 15 is 0 Å². The number of fused-ring (bicyclic) bond motifs is 1. The maximum absolute atomic E-state index is 12.6. The summed E-state index contributed by atoms with van der Waals surface area (Å²) < 4.78 is 0.896. The second-order valence-corrected chi connectivity index (χ2v) is 6.52. The monoisotopic (exact) mass is 348 g/mol. The van der Waals surface area contributed by atoms with Crippen LogP contribution < -0.4 is 0 Å². The molecule has 0 amide bonds. The summed E-state index contributed by atoms with van der Waals surface area (Å²) in [6.07, 6.45) is 2.70. The number of ketones is 1. The molecule has 0 radical (unpaired) electrons. The summed E-state index contributed by atoms with van der Waals surface area (Å²) in [7, 11) is 0. The number of carbonyl (C=O) groups excluding carboxylic acids is 1. The van der Waals surface area contributed by atoms with Gasteiger partial charge in [-0.15, -0.1) is 0 Å². The zero-order chi connectivity index (χ0) is 14.1. The highest BCUT2D eigenvalue weighted by Gasteiger charge is 2.26. The van der Waals surface area contributed by atoms with Crippen LogP contribution >= 0.6 is 27.5 Å². The molecular formula is C17H14BrClO. The van der Waals surface area contributed by atoms with E-state index in [1.54, 1.807) is 6.07 Å². The molecule has 0 spiro atoms. The van der Waals surface area contributed by atoms with E-state index in [9.17, 15) is 4.79 Å². The molecule has 0 N–H and O–H groups in total. The first-order valence-corrected chi connectivity index (χ1v) is 7.88. The van der Waals surface area contributed by atoms with Crippen molar-refractivity contribution in [2.75, 3.05) is 0 Å². The van der Waals surface area contributed by atoms with Gasteiger partial charge in [-0.05, 0) is 48.6 Å². The Balaban J connectivity index is 1.86. The minimum absolute atomic E-state index is 0.0450. The van der Waals surface area contributed by atoms with Crippen LogP contribution in [0.3, 0.4) is 0 Å². The lowest BCUT2D eigenvalue weighted by molar-refractivity contribution is 0.0909. The fraction of sp³-hybridized carbons (Fsp3) is 0.235. The number of hydrogen-bond acceptors (Lipinski definition) is 1. The molecular weight excluding hydrogens is 336 g/mol. The van der Waals surface area contributed by atoms with Crippen LogP contribution in [0.5, 0.6) is 0 Å². The van der Waals surface area contributed by atoms with Gasteiger partial charge in [-0.1, -0.05) is 51.8 Å². The first-order valence-electron chi connectivity index (χ1n) is 6.71. The molecule has 1 atom stereocenters. The molecule has 3 heteroatoms. The van der Waals surface area contributed by atoms with Gasteiger partial charge in [-0.2, -0.15) is 0 Å². The number of Topliss-reactive ketones (excluding diaryl/α,β-unsaturated/α-hetero) is 1. The van der Waals surface area contributed by atoms with E-state index in [2.05, 4.69) is 34.1 Å². The Morgan fingerprint density at radius 2 is 1.90 bits per heavy atom. The van der Waals surface area contributed by atoms with Crippen molar-refractivity contribution in [2.45, 2.75) is 19.3 Å². The highest BCUT2D eigenvalue weighted by molar-refractivity contribution is 9.10. The molecule has 1 aliphatic rings. The summed E-state index contributed by atoms with van der Waals surface area (Å²) in [6.45, 7) is 0. The minimum atomic E-state index is 0.0450.